The predicted molar refractivity (Wildman–Crippen MR) is 78.2 cm³/mol. The number of benzene rings is 1. The number of carboxylic acids is 1. The van der Waals surface area contributed by atoms with Gasteiger partial charge in [0.2, 0.25) is 5.91 Å². The van der Waals surface area contributed by atoms with Crippen LogP contribution in [-0.4, -0.2) is 17.0 Å². The van der Waals surface area contributed by atoms with Crippen LogP contribution in [0.1, 0.15) is 49.4 Å². The van der Waals surface area contributed by atoms with Gasteiger partial charge in [0.05, 0.1) is 10.6 Å². The maximum atomic E-state index is 12.3. The van der Waals surface area contributed by atoms with Gasteiger partial charge in [-0.05, 0) is 31.0 Å². The van der Waals surface area contributed by atoms with Gasteiger partial charge in [-0.15, -0.1) is 0 Å². The van der Waals surface area contributed by atoms with Gasteiger partial charge in [0.1, 0.15) is 0 Å². The highest BCUT2D eigenvalue weighted by Crippen LogP contribution is 2.37. The summed E-state index contributed by atoms with van der Waals surface area (Å²) in [6.07, 6.45) is 5.10. The van der Waals surface area contributed by atoms with Crippen molar-refractivity contribution in [1.29, 1.82) is 0 Å². The van der Waals surface area contributed by atoms with Gasteiger partial charge >= 0.3 is 5.97 Å². The van der Waals surface area contributed by atoms with E-state index in [9.17, 15) is 9.59 Å². The van der Waals surface area contributed by atoms with E-state index in [4.69, 9.17) is 16.7 Å². The van der Waals surface area contributed by atoms with E-state index in [2.05, 4.69) is 5.32 Å². The van der Waals surface area contributed by atoms with E-state index in [1.54, 1.807) is 6.07 Å². The van der Waals surface area contributed by atoms with Crippen molar-refractivity contribution in [2.45, 2.75) is 39.0 Å². The molecule has 0 spiro atoms. The van der Waals surface area contributed by atoms with Crippen molar-refractivity contribution in [1.82, 2.24) is 0 Å². The van der Waals surface area contributed by atoms with Crippen LogP contribution >= 0.6 is 11.6 Å². The van der Waals surface area contributed by atoms with E-state index in [0.29, 0.717) is 5.69 Å². The molecule has 1 aliphatic rings. The smallest absolute Gasteiger partial charge is 0.337 e. The van der Waals surface area contributed by atoms with E-state index >= 15 is 0 Å². The molecule has 0 aromatic heterocycles. The van der Waals surface area contributed by atoms with E-state index in [1.807, 2.05) is 6.92 Å². The fourth-order valence-electron chi connectivity index (χ4n) is 2.61. The van der Waals surface area contributed by atoms with Crippen molar-refractivity contribution in [3.8, 4) is 0 Å². The summed E-state index contributed by atoms with van der Waals surface area (Å²) in [5.41, 5.74) is 0.237. The molecule has 0 radical (unpaired) electrons. The third-order valence-corrected chi connectivity index (χ3v) is 4.28. The van der Waals surface area contributed by atoms with Gasteiger partial charge in [-0.1, -0.05) is 37.8 Å². The summed E-state index contributed by atoms with van der Waals surface area (Å²) in [5.74, 6) is -1.09. The molecule has 1 fully saturated rings. The molecule has 1 aromatic carbocycles. The van der Waals surface area contributed by atoms with Crippen LogP contribution in [0, 0.1) is 5.41 Å². The molecule has 2 rings (SSSR count). The number of halogens is 1. The van der Waals surface area contributed by atoms with Crippen LogP contribution in [-0.2, 0) is 4.79 Å². The monoisotopic (exact) mass is 295 g/mol. The highest BCUT2D eigenvalue weighted by atomic mass is 35.5. The molecule has 0 aliphatic heterocycles. The Morgan fingerprint density at radius 2 is 1.90 bits per heavy atom. The molecule has 108 valence electrons. The normalized spacial score (nSPS) is 17.5. The molecular weight excluding hydrogens is 278 g/mol. The summed E-state index contributed by atoms with van der Waals surface area (Å²) in [5, 5.41) is 11.9. The molecule has 1 amide bonds. The first kappa shape index (κ1) is 14.9. The Hall–Kier alpha value is -1.55. The Bertz CT molecular complexity index is 536. The minimum Gasteiger partial charge on any atom is -0.478 e. The first-order valence-corrected chi connectivity index (χ1v) is 7.14. The minimum absolute atomic E-state index is 0.0173. The zero-order valence-corrected chi connectivity index (χ0v) is 12.2. The summed E-state index contributed by atoms with van der Waals surface area (Å²) < 4.78 is 0. The second-order valence-electron chi connectivity index (χ2n) is 5.58. The number of anilines is 1. The highest BCUT2D eigenvalue weighted by molar-refractivity contribution is 6.33. The second-order valence-corrected chi connectivity index (χ2v) is 5.98. The van der Waals surface area contributed by atoms with Gasteiger partial charge < -0.3 is 10.4 Å². The van der Waals surface area contributed by atoms with Crippen molar-refractivity contribution < 1.29 is 14.7 Å². The van der Waals surface area contributed by atoms with Crippen molar-refractivity contribution in [2.75, 3.05) is 5.32 Å². The molecule has 0 saturated heterocycles. The van der Waals surface area contributed by atoms with Crippen molar-refractivity contribution in [3.05, 3.63) is 28.8 Å². The molecule has 0 atom stereocenters. The topological polar surface area (TPSA) is 66.4 Å². The molecule has 2 N–H and O–H groups in total. The lowest BCUT2D eigenvalue weighted by molar-refractivity contribution is -0.126. The number of amides is 1. The van der Waals surface area contributed by atoms with E-state index in [1.165, 1.54) is 18.6 Å². The highest BCUT2D eigenvalue weighted by Gasteiger charge is 2.34. The molecule has 0 heterocycles. The summed E-state index contributed by atoms with van der Waals surface area (Å²) >= 11 is 5.90. The average Bonchev–Trinajstić information content (AvgIpc) is 2.39. The zero-order valence-electron chi connectivity index (χ0n) is 11.4. The Labute approximate surface area is 123 Å². The number of hydrogen-bond donors (Lipinski definition) is 2. The van der Waals surface area contributed by atoms with Crippen LogP contribution in [0.3, 0.4) is 0 Å². The van der Waals surface area contributed by atoms with Crippen LogP contribution in [0.5, 0.6) is 0 Å². The lowest BCUT2D eigenvalue weighted by Gasteiger charge is -2.32. The Balaban J connectivity index is 2.12. The standard InChI is InChI=1S/C15H18ClNO3/c1-15(7-3-2-4-8-15)14(20)17-10-5-6-11(13(18)19)12(16)9-10/h5-6,9H,2-4,7-8H2,1H3,(H,17,20)(H,18,19). The molecule has 0 unspecified atom stereocenters. The fraction of sp³-hybridized carbons (Fsp3) is 0.467. The third-order valence-electron chi connectivity index (χ3n) is 3.96. The van der Waals surface area contributed by atoms with E-state index in [-0.39, 0.29) is 21.9 Å². The van der Waals surface area contributed by atoms with Gasteiger partial charge in [0, 0.05) is 11.1 Å². The number of nitrogens with one attached hydrogen (secondary N) is 1. The molecule has 5 heteroatoms. The van der Waals surface area contributed by atoms with E-state index in [0.717, 1.165) is 25.7 Å². The van der Waals surface area contributed by atoms with Gasteiger partial charge in [-0.2, -0.15) is 0 Å². The fourth-order valence-corrected chi connectivity index (χ4v) is 2.87. The van der Waals surface area contributed by atoms with Gasteiger partial charge in [0.15, 0.2) is 0 Å². The SMILES string of the molecule is CC1(C(=O)Nc2ccc(C(=O)O)c(Cl)c2)CCCCC1. The van der Waals surface area contributed by atoms with Crippen molar-refractivity contribution in [2.24, 2.45) is 5.41 Å². The first-order chi connectivity index (χ1) is 9.42. The zero-order chi connectivity index (χ0) is 14.8. The van der Waals surface area contributed by atoms with Crippen molar-refractivity contribution >= 4 is 29.2 Å². The van der Waals surface area contributed by atoms with Crippen LogP contribution in [0.15, 0.2) is 18.2 Å². The molecule has 20 heavy (non-hydrogen) atoms. The number of rotatable bonds is 3. The Kier molecular flexibility index (Phi) is 4.33. The summed E-state index contributed by atoms with van der Waals surface area (Å²) in [6.45, 7) is 1.98. The van der Waals surface area contributed by atoms with Crippen LogP contribution in [0.25, 0.3) is 0 Å². The molecule has 1 aliphatic carbocycles. The lowest BCUT2D eigenvalue weighted by Crippen LogP contribution is -2.35. The number of carbonyl (C=O) groups is 2. The van der Waals surface area contributed by atoms with E-state index < -0.39 is 5.97 Å². The third kappa shape index (κ3) is 3.12. The lowest BCUT2D eigenvalue weighted by atomic mass is 9.75. The molecule has 1 aromatic rings. The number of aromatic carboxylic acids is 1. The van der Waals surface area contributed by atoms with Crippen molar-refractivity contribution in [3.63, 3.8) is 0 Å². The van der Waals surface area contributed by atoms with Crippen LogP contribution in [0.2, 0.25) is 5.02 Å². The first-order valence-electron chi connectivity index (χ1n) is 6.77. The Morgan fingerprint density at radius 1 is 1.25 bits per heavy atom. The Morgan fingerprint density at radius 3 is 2.45 bits per heavy atom. The summed E-state index contributed by atoms with van der Waals surface area (Å²) in [7, 11) is 0. The summed E-state index contributed by atoms with van der Waals surface area (Å²) in [4.78, 5) is 23.2. The summed E-state index contributed by atoms with van der Waals surface area (Å²) in [6, 6.07) is 4.46. The molecule has 1 saturated carbocycles. The number of hydrogen-bond acceptors (Lipinski definition) is 2. The van der Waals surface area contributed by atoms with Crippen LogP contribution < -0.4 is 5.32 Å². The van der Waals surface area contributed by atoms with Gasteiger partial charge in [-0.25, -0.2) is 4.79 Å². The van der Waals surface area contributed by atoms with Gasteiger partial charge in [-0.3, -0.25) is 4.79 Å². The average molecular weight is 296 g/mol. The van der Waals surface area contributed by atoms with Gasteiger partial charge in [0.25, 0.3) is 0 Å². The second kappa shape index (κ2) is 5.83. The van der Waals surface area contributed by atoms with Crippen LogP contribution in [0.4, 0.5) is 5.69 Å². The maximum Gasteiger partial charge on any atom is 0.337 e. The molecule has 0 bridgehead atoms. The largest absolute Gasteiger partial charge is 0.478 e. The minimum atomic E-state index is -1.08. The molecular formula is C15H18ClNO3. The number of carboxylic acid groups (broad SMARTS) is 1. The molecule has 4 nitrogen and oxygen atoms in total. The maximum absolute atomic E-state index is 12.3. The number of carbonyl (C=O) groups excluding carboxylic acids is 1. The predicted octanol–water partition coefficient (Wildman–Crippen LogP) is 3.95. The quantitative estimate of drug-likeness (QED) is 0.887.